The molecule has 0 spiro atoms. The van der Waals surface area contributed by atoms with Crippen LogP contribution < -0.4 is 0 Å². The number of halogens is 1. The van der Waals surface area contributed by atoms with Gasteiger partial charge in [-0.25, -0.2) is 14.2 Å². The molecule has 0 saturated carbocycles. The largest absolute Gasteiger partial charge is 0.479 e. The Morgan fingerprint density at radius 3 is 2.75 bits per heavy atom. The molecule has 0 bridgehead atoms. The minimum Gasteiger partial charge on any atom is -0.479 e. The zero-order valence-electron chi connectivity index (χ0n) is 6.67. The van der Waals surface area contributed by atoms with Crippen LogP contribution in [0.15, 0.2) is 10.7 Å². The van der Waals surface area contributed by atoms with Crippen LogP contribution in [-0.2, 0) is 10.5 Å². The number of hydrogen-bond acceptors (Lipinski definition) is 3. The Hall–Kier alpha value is -1.39. The van der Waals surface area contributed by atoms with Crippen LogP contribution in [0.2, 0.25) is 0 Å². The molecule has 1 aromatic rings. The maximum atomic E-state index is 13.2. The normalized spacial score (nSPS) is 15.6. The van der Waals surface area contributed by atoms with Gasteiger partial charge in [-0.1, -0.05) is 0 Å². The molecular formula is C7H8FNO3. The van der Waals surface area contributed by atoms with Gasteiger partial charge >= 0.3 is 5.97 Å². The fourth-order valence-electron chi connectivity index (χ4n) is 0.689. The molecule has 12 heavy (non-hydrogen) atoms. The number of carboxylic acids is 1. The first-order valence-electron chi connectivity index (χ1n) is 3.29. The maximum Gasteiger partial charge on any atom is 0.347 e. The molecule has 1 unspecified atom stereocenters. The summed E-state index contributed by atoms with van der Waals surface area (Å²) in [6.45, 7) is 2.44. The van der Waals surface area contributed by atoms with Crippen LogP contribution in [0.1, 0.15) is 18.5 Å². The minimum absolute atomic E-state index is 0.215. The monoisotopic (exact) mass is 173 g/mol. The summed E-state index contributed by atoms with van der Waals surface area (Å²) in [5.74, 6) is -1.33. The van der Waals surface area contributed by atoms with Gasteiger partial charge in [0.25, 0.3) is 0 Å². The van der Waals surface area contributed by atoms with Crippen molar-refractivity contribution in [3.8, 4) is 0 Å². The van der Waals surface area contributed by atoms with Crippen molar-refractivity contribution in [2.75, 3.05) is 0 Å². The van der Waals surface area contributed by atoms with Crippen molar-refractivity contribution in [3.05, 3.63) is 17.8 Å². The molecule has 5 heteroatoms. The second-order valence-electron chi connectivity index (χ2n) is 2.56. The maximum absolute atomic E-state index is 13.2. The van der Waals surface area contributed by atoms with E-state index in [0.717, 1.165) is 13.2 Å². The average molecular weight is 173 g/mol. The Morgan fingerprint density at radius 1 is 1.83 bits per heavy atom. The highest BCUT2D eigenvalue weighted by Gasteiger charge is 2.38. The average Bonchev–Trinajstić information content (AvgIpc) is 2.35. The lowest BCUT2D eigenvalue weighted by molar-refractivity contribution is -0.150. The van der Waals surface area contributed by atoms with E-state index in [1.165, 1.54) is 6.92 Å². The predicted octanol–water partition coefficient (Wildman–Crippen LogP) is 1.25. The van der Waals surface area contributed by atoms with Crippen molar-refractivity contribution in [2.24, 2.45) is 0 Å². The molecule has 0 aliphatic rings. The summed E-state index contributed by atoms with van der Waals surface area (Å²) in [7, 11) is 0. The Labute approximate surface area is 68.0 Å². The Balaban J connectivity index is 3.05. The second kappa shape index (κ2) is 2.58. The Morgan fingerprint density at radius 2 is 2.42 bits per heavy atom. The molecule has 1 rings (SSSR count). The number of rotatable bonds is 2. The van der Waals surface area contributed by atoms with Crippen LogP contribution in [0.3, 0.4) is 0 Å². The number of alkyl halides is 1. The van der Waals surface area contributed by atoms with Crippen LogP contribution in [0.4, 0.5) is 4.39 Å². The SMILES string of the molecule is Cc1nc(C(C)(F)C(=O)O)co1. The molecule has 0 fully saturated rings. The number of carboxylic acid groups (broad SMARTS) is 1. The summed E-state index contributed by atoms with van der Waals surface area (Å²) in [5.41, 5.74) is -2.69. The predicted molar refractivity (Wildman–Crippen MR) is 37.3 cm³/mol. The fraction of sp³-hybridized carbons (Fsp3) is 0.429. The van der Waals surface area contributed by atoms with Crippen LogP contribution >= 0.6 is 0 Å². The van der Waals surface area contributed by atoms with Gasteiger partial charge in [-0.2, -0.15) is 0 Å². The van der Waals surface area contributed by atoms with Gasteiger partial charge in [0, 0.05) is 6.92 Å². The van der Waals surface area contributed by atoms with E-state index in [2.05, 4.69) is 9.40 Å². The van der Waals surface area contributed by atoms with Crippen LogP contribution in [0.5, 0.6) is 0 Å². The van der Waals surface area contributed by atoms with E-state index in [0.29, 0.717) is 0 Å². The van der Waals surface area contributed by atoms with E-state index in [1.54, 1.807) is 0 Å². The highest BCUT2D eigenvalue weighted by atomic mass is 19.1. The van der Waals surface area contributed by atoms with E-state index in [9.17, 15) is 9.18 Å². The number of oxazole rings is 1. The molecule has 0 aliphatic carbocycles. The quantitative estimate of drug-likeness (QED) is 0.731. The lowest BCUT2D eigenvalue weighted by Crippen LogP contribution is -2.27. The van der Waals surface area contributed by atoms with Gasteiger partial charge in [0.2, 0.25) is 5.67 Å². The molecule has 1 atom stereocenters. The molecule has 0 aliphatic heterocycles. The number of aryl methyl sites for hydroxylation is 1. The summed E-state index contributed by atoms with van der Waals surface area (Å²) in [5, 5.41) is 8.45. The number of carbonyl (C=O) groups is 1. The molecule has 0 saturated heterocycles. The van der Waals surface area contributed by atoms with Gasteiger partial charge in [-0.15, -0.1) is 0 Å². The van der Waals surface area contributed by atoms with Gasteiger partial charge in [0.1, 0.15) is 12.0 Å². The molecule has 66 valence electrons. The Bertz CT molecular complexity index is 305. The molecule has 4 nitrogen and oxygen atoms in total. The van der Waals surface area contributed by atoms with Crippen molar-refractivity contribution < 1.29 is 18.7 Å². The summed E-state index contributed by atoms with van der Waals surface area (Å²) in [4.78, 5) is 14.0. The first kappa shape index (κ1) is 8.70. The molecule has 0 amide bonds. The van der Waals surface area contributed by atoms with Crippen LogP contribution in [0.25, 0.3) is 0 Å². The van der Waals surface area contributed by atoms with Crippen molar-refractivity contribution in [1.29, 1.82) is 0 Å². The molecule has 0 aromatic carbocycles. The third-order valence-corrected chi connectivity index (χ3v) is 1.50. The van der Waals surface area contributed by atoms with Crippen molar-refractivity contribution in [1.82, 2.24) is 4.98 Å². The Kier molecular flexibility index (Phi) is 1.87. The van der Waals surface area contributed by atoms with Crippen LogP contribution in [-0.4, -0.2) is 16.1 Å². The second-order valence-corrected chi connectivity index (χ2v) is 2.56. The van der Waals surface area contributed by atoms with Gasteiger partial charge in [0.05, 0.1) is 0 Å². The summed E-state index contributed by atoms with van der Waals surface area (Å²) >= 11 is 0. The summed E-state index contributed by atoms with van der Waals surface area (Å²) in [6.07, 6.45) is 1.00. The lowest BCUT2D eigenvalue weighted by atomic mass is 10.1. The van der Waals surface area contributed by atoms with E-state index in [-0.39, 0.29) is 11.6 Å². The van der Waals surface area contributed by atoms with Gasteiger partial charge in [-0.05, 0) is 6.92 Å². The third-order valence-electron chi connectivity index (χ3n) is 1.50. The zero-order chi connectivity index (χ0) is 9.35. The number of aromatic nitrogens is 1. The first-order chi connectivity index (χ1) is 5.44. The smallest absolute Gasteiger partial charge is 0.347 e. The van der Waals surface area contributed by atoms with E-state index < -0.39 is 11.6 Å². The highest BCUT2D eigenvalue weighted by Crippen LogP contribution is 2.24. The summed E-state index contributed by atoms with van der Waals surface area (Å²) in [6, 6.07) is 0. The molecule has 1 aromatic heterocycles. The van der Waals surface area contributed by atoms with Gasteiger partial charge in [-0.3, -0.25) is 0 Å². The number of aliphatic carboxylic acids is 1. The van der Waals surface area contributed by atoms with Crippen molar-refractivity contribution in [2.45, 2.75) is 19.5 Å². The topological polar surface area (TPSA) is 63.3 Å². The van der Waals surface area contributed by atoms with Crippen molar-refractivity contribution >= 4 is 5.97 Å². The highest BCUT2D eigenvalue weighted by molar-refractivity contribution is 5.77. The minimum atomic E-state index is -2.47. The summed E-state index contributed by atoms with van der Waals surface area (Å²) < 4.78 is 17.9. The van der Waals surface area contributed by atoms with E-state index in [4.69, 9.17) is 5.11 Å². The molecule has 1 heterocycles. The first-order valence-corrected chi connectivity index (χ1v) is 3.29. The molecular weight excluding hydrogens is 165 g/mol. The number of nitrogens with zero attached hydrogens (tertiary/aromatic N) is 1. The third kappa shape index (κ3) is 1.30. The van der Waals surface area contributed by atoms with E-state index in [1.807, 2.05) is 0 Å². The molecule has 0 radical (unpaired) electrons. The molecule has 1 N–H and O–H groups in total. The fourth-order valence-corrected chi connectivity index (χ4v) is 0.689. The van der Waals surface area contributed by atoms with Gasteiger partial charge < -0.3 is 9.52 Å². The number of hydrogen-bond donors (Lipinski definition) is 1. The zero-order valence-corrected chi connectivity index (χ0v) is 6.67. The van der Waals surface area contributed by atoms with Crippen molar-refractivity contribution in [3.63, 3.8) is 0 Å². The standard InChI is InChI=1S/C7H8FNO3/c1-4-9-5(3-12-4)7(2,8)6(10)11/h3H,1-2H3,(H,10,11). The van der Waals surface area contributed by atoms with Crippen LogP contribution in [0, 0.1) is 6.92 Å². The van der Waals surface area contributed by atoms with E-state index >= 15 is 0 Å². The lowest BCUT2D eigenvalue weighted by Gasteiger charge is -2.09. The van der Waals surface area contributed by atoms with Gasteiger partial charge in [0.15, 0.2) is 5.89 Å².